The summed E-state index contributed by atoms with van der Waals surface area (Å²) in [4.78, 5) is 0. The zero-order valence-corrected chi connectivity index (χ0v) is 11.8. The summed E-state index contributed by atoms with van der Waals surface area (Å²) in [6, 6.07) is 17.6. The largest absolute Gasteiger partial charge is 0.0685 e. The lowest BCUT2D eigenvalue weighted by atomic mass is 9.92. The average Bonchev–Trinajstić information content (AvgIpc) is 2.91. The third-order valence-electron chi connectivity index (χ3n) is 4.18. The predicted octanol–water partition coefficient (Wildman–Crippen LogP) is 5.81. The predicted molar refractivity (Wildman–Crippen MR) is 88.8 cm³/mol. The van der Waals surface area contributed by atoms with Crippen molar-refractivity contribution in [2.75, 3.05) is 0 Å². The average molecular weight is 256 g/mol. The number of allylic oxidation sites excluding steroid dienone is 3. The van der Waals surface area contributed by atoms with Crippen molar-refractivity contribution < 1.29 is 0 Å². The van der Waals surface area contributed by atoms with Crippen LogP contribution in [0.2, 0.25) is 0 Å². The molecule has 20 heavy (non-hydrogen) atoms. The van der Waals surface area contributed by atoms with Crippen LogP contribution < -0.4 is 0 Å². The van der Waals surface area contributed by atoms with Gasteiger partial charge >= 0.3 is 0 Å². The highest BCUT2D eigenvalue weighted by molar-refractivity contribution is 6.16. The number of hydrogen-bond acceptors (Lipinski definition) is 0. The lowest BCUT2D eigenvalue weighted by Crippen LogP contribution is -1.88. The van der Waals surface area contributed by atoms with Gasteiger partial charge in [-0.15, -0.1) is 0 Å². The molecule has 0 amide bonds. The molecule has 0 aromatic heterocycles. The van der Waals surface area contributed by atoms with Gasteiger partial charge in [-0.2, -0.15) is 0 Å². The van der Waals surface area contributed by atoms with Crippen LogP contribution in [0.1, 0.15) is 25.0 Å². The van der Waals surface area contributed by atoms with Crippen LogP contribution in [0.3, 0.4) is 0 Å². The van der Waals surface area contributed by atoms with Crippen LogP contribution in [0.5, 0.6) is 0 Å². The molecule has 0 bridgehead atoms. The fourth-order valence-electron chi connectivity index (χ4n) is 3.22. The molecule has 0 saturated carbocycles. The van der Waals surface area contributed by atoms with Gasteiger partial charge in [0.2, 0.25) is 0 Å². The third kappa shape index (κ3) is 1.48. The van der Waals surface area contributed by atoms with Crippen molar-refractivity contribution in [3.8, 4) is 0 Å². The maximum atomic E-state index is 2.25. The third-order valence-corrected chi connectivity index (χ3v) is 4.18. The van der Waals surface area contributed by atoms with Crippen molar-refractivity contribution in [3.05, 3.63) is 71.3 Å². The van der Waals surface area contributed by atoms with E-state index in [1.165, 1.54) is 43.8 Å². The fraction of sp³-hybridized carbons (Fsp3) is 0.100. The second kappa shape index (κ2) is 4.08. The zero-order chi connectivity index (χ0) is 13.7. The minimum atomic E-state index is 1.31. The topological polar surface area (TPSA) is 0 Å². The van der Waals surface area contributed by atoms with Crippen molar-refractivity contribution >= 4 is 33.2 Å². The molecule has 0 fully saturated rings. The van der Waals surface area contributed by atoms with Crippen molar-refractivity contribution in [1.82, 2.24) is 0 Å². The molecule has 1 aliphatic carbocycles. The summed E-state index contributed by atoms with van der Waals surface area (Å²) in [7, 11) is 0. The Morgan fingerprint density at radius 1 is 0.750 bits per heavy atom. The highest BCUT2D eigenvalue weighted by Gasteiger charge is 2.16. The molecule has 0 radical (unpaired) electrons. The van der Waals surface area contributed by atoms with Gasteiger partial charge in [-0.1, -0.05) is 66.3 Å². The summed E-state index contributed by atoms with van der Waals surface area (Å²) in [6.45, 7) is 4.39. The van der Waals surface area contributed by atoms with E-state index in [2.05, 4.69) is 74.5 Å². The lowest BCUT2D eigenvalue weighted by molar-refractivity contribution is 1.40. The van der Waals surface area contributed by atoms with Gasteiger partial charge < -0.3 is 0 Å². The van der Waals surface area contributed by atoms with E-state index in [0.29, 0.717) is 0 Å². The maximum Gasteiger partial charge on any atom is -0.00208 e. The summed E-state index contributed by atoms with van der Waals surface area (Å²) < 4.78 is 0. The van der Waals surface area contributed by atoms with Crippen molar-refractivity contribution in [2.24, 2.45) is 0 Å². The molecule has 0 spiro atoms. The SMILES string of the molecule is CC(C)=C1C=Cc2ccc3ccc4ccccc4c3c21. The number of hydrogen-bond donors (Lipinski definition) is 0. The first kappa shape index (κ1) is 11.5. The van der Waals surface area contributed by atoms with Gasteiger partial charge in [-0.05, 0) is 52.1 Å². The highest BCUT2D eigenvalue weighted by atomic mass is 14.2. The fourth-order valence-corrected chi connectivity index (χ4v) is 3.22. The van der Waals surface area contributed by atoms with Crippen LogP contribution in [0.15, 0.2) is 60.2 Å². The molecule has 0 heteroatoms. The molecule has 3 aromatic carbocycles. The molecule has 96 valence electrons. The molecule has 0 aliphatic heterocycles. The minimum Gasteiger partial charge on any atom is -0.0685 e. The van der Waals surface area contributed by atoms with E-state index in [1.54, 1.807) is 0 Å². The van der Waals surface area contributed by atoms with E-state index in [-0.39, 0.29) is 0 Å². The van der Waals surface area contributed by atoms with Crippen LogP contribution in [-0.2, 0) is 0 Å². The summed E-state index contributed by atoms with van der Waals surface area (Å²) in [6.07, 6.45) is 4.49. The summed E-state index contributed by atoms with van der Waals surface area (Å²) in [5, 5.41) is 5.38. The summed E-state index contributed by atoms with van der Waals surface area (Å²) >= 11 is 0. The van der Waals surface area contributed by atoms with E-state index in [4.69, 9.17) is 0 Å². The molecule has 0 unspecified atom stereocenters. The Balaban J connectivity index is 2.27. The van der Waals surface area contributed by atoms with Gasteiger partial charge in [0, 0.05) is 0 Å². The molecule has 0 saturated heterocycles. The second-order valence-electron chi connectivity index (χ2n) is 5.66. The Bertz CT molecular complexity index is 904. The summed E-state index contributed by atoms with van der Waals surface area (Å²) in [5.41, 5.74) is 5.49. The van der Waals surface area contributed by atoms with Gasteiger partial charge in [-0.25, -0.2) is 0 Å². The molecule has 4 rings (SSSR count). The number of fused-ring (bicyclic) bond motifs is 5. The Morgan fingerprint density at radius 3 is 2.35 bits per heavy atom. The first-order chi connectivity index (χ1) is 9.75. The highest BCUT2D eigenvalue weighted by Crippen LogP contribution is 2.40. The van der Waals surface area contributed by atoms with E-state index >= 15 is 0 Å². The summed E-state index contributed by atoms with van der Waals surface area (Å²) in [5.74, 6) is 0. The maximum absolute atomic E-state index is 2.25. The van der Waals surface area contributed by atoms with E-state index in [9.17, 15) is 0 Å². The standard InChI is InChI=1S/C20H16/c1-13(2)17-12-11-16-10-9-15-8-7-14-5-3-4-6-18(14)20(15)19(16)17/h3-12H,1-2H3. The van der Waals surface area contributed by atoms with E-state index in [1.807, 2.05) is 0 Å². The zero-order valence-electron chi connectivity index (χ0n) is 11.8. The molecular formula is C20H16. The molecule has 0 heterocycles. The minimum absolute atomic E-state index is 1.31. The molecule has 1 aliphatic rings. The first-order valence-electron chi connectivity index (χ1n) is 7.06. The monoisotopic (exact) mass is 256 g/mol. The van der Waals surface area contributed by atoms with Crippen molar-refractivity contribution in [3.63, 3.8) is 0 Å². The van der Waals surface area contributed by atoms with Crippen molar-refractivity contribution in [2.45, 2.75) is 13.8 Å². The quantitative estimate of drug-likeness (QED) is 0.445. The van der Waals surface area contributed by atoms with Gasteiger partial charge in [0.1, 0.15) is 0 Å². The van der Waals surface area contributed by atoms with Crippen LogP contribution in [-0.4, -0.2) is 0 Å². The number of benzene rings is 3. The Kier molecular flexibility index (Phi) is 2.34. The second-order valence-corrected chi connectivity index (χ2v) is 5.66. The van der Waals surface area contributed by atoms with Gasteiger partial charge in [-0.3, -0.25) is 0 Å². The Hall–Kier alpha value is -2.34. The normalized spacial score (nSPS) is 13.2. The smallest absolute Gasteiger partial charge is 0.00208 e. The van der Waals surface area contributed by atoms with Crippen LogP contribution in [0.25, 0.3) is 33.2 Å². The van der Waals surface area contributed by atoms with Crippen LogP contribution >= 0.6 is 0 Å². The lowest BCUT2D eigenvalue weighted by Gasteiger charge is -2.12. The van der Waals surface area contributed by atoms with E-state index in [0.717, 1.165) is 0 Å². The van der Waals surface area contributed by atoms with Gasteiger partial charge in [0.25, 0.3) is 0 Å². The van der Waals surface area contributed by atoms with Gasteiger partial charge in [0.15, 0.2) is 0 Å². The van der Waals surface area contributed by atoms with Crippen molar-refractivity contribution in [1.29, 1.82) is 0 Å². The molecule has 0 N–H and O–H groups in total. The number of rotatable bonds is 0. The van der Waals surface area contributed by atoms with Crippen LogP contribution in [0, 0.1) is 0 Å². The van der Waals surface area contributed by atoms with Gasteiger partial charge in [0.05, 0.1) is 0 Å². The Morgan fingerprint density at radius 2 is 1.50 bits per heavy atom. The molecule has 0 atom stereocenters. The Labute approximate surface area is 119 Å². The van der Waals surface area contributed by atoms with Crippen LogP contribution in [0.4, 0.5) is 0 Å². The molecule has 3 aromatic rings. The molecule has 0 nitrogen and oxygen atoms in total. The van der Waals surface area contributed by atoms with E-state index < -0.39 is 0 Å². The molecular weight excluding hydrogens is 240 g/mol. The first-order valence-corrected chi connectivity index (χ1v) is 7.06.